The average molecular weight is 400 g/mol. The lowest BCUT2D eigenvalue weighted by Crippen LogP contribution is -2.55. The molecule has 1 aromatic carbocycles. The molecule has 6 nitrogen and oxygen atoms in total. The third-order valence-electron chi connectivity index (χ3n) is 5.52. The lowest BCUT2D eigenvalue weighted by molar-refractivity contribution is -0.139. The molecule has 4 rings (SSSR count). The minimum atomic E-state index is -0.776. The van der Waals surface area contributed by atoms with Gasteiger partial charge in [-0.25, -0.2) is 4.98 Å². The summed E-state index contributed by atoms with van der Waals surface area (Å²) in [5, 5.41) is 13.1. The van der Waals surface area contributed by atoms with Gasteiger partial charge in [0.25, 0.3) is 5.91 Å². The number of nitrogens with one attached hydrogen (secondary N) is 1. The number of rotatable bonds is 8. The number of hydrogen-bond donors (Lipinski definition) is 2. The lowest BCUT2D eigenvalue weighted by Gasteiger charge is -2.42. The molecule has 2 N–H and O–H groups in total. The van der Waals surface area contributed by atoms with Crippen molar-refractivity contribution in [1.82, 2.24) is 15.2 Å². The molecule has 0 radical (unpaired) electrons. The van der Waals surface area contributed by atoms with Gasteiger partial charge in [-0.05, 0) is 38.5 Å². The molecule has 148 valence electrons. The Morgan fingerprint density at radius 1 is 1.25 bits per heavy atom. The van der Waals surface area contributed by atoms with Crippen LogP contribution < -0.4 is 5.32 Å². The van der Waals surface area contributed by atoms with Crippen LogP contribution in [0.1, 0.15) is 41.0 Å². The van der Waals surface area contributed by atoms with Crippen molar-refractivity contribution in [2.24, 2.45) is 5.92 Å². The number of amides is 1. The van der Waals surface area contributed by atoms with E-state index in [0.29, 0.717) is 10.8 Å². The maximum atomic E-state index is 12.7. The van der Waals surface area contributed by atoms with Gasteiger partial charge in [0, 0.05) is 24.2 Å². The van der Waals surface area contributed by atoms with Crippen molar-refractivity contribution < 1.29 is 14.7 Å². The van der Waals surface area contributed by atoms with Crippen molar-refractivity contribution in [2.75, 3.05) is 13.1 Å². The minimum absolute atomic E-state index is 0.0763. The lowest BCUT2D eigenvalue weighted by atomic mass is 9.85. The normalized spacial score (nSPS) is 21.4. The highest BCUT2D eigenvalue weighted by atomic mass is 32.1. The Morgan fingerprint density at radius 3 is 2.61 bits per heavy atom. The van der Waals surface area contributed by atoms with Gasteiger partial charge >= 0.3 is 5.97 Å². The van der Waals surface area contributed by atoms with Crippen LogP contribution in [0.2, 0.25) is 0 Å². The molecule has 0 bridgehead atoms. The summed E-state index contributed by atoms with van der Waals surface area (Å²) in [6.07, 6.45) is 4.04. The molecule has 2 fully saturated rings. The van der Waals surface area contributed by atoms with Crippen LogP contribution in [0.25, 0.3) is 10.6 Å². The van der Waals surface area contributed by atoms with E-state index in [1.165, 1.54) is 24.2 Å². The molecule has 7 heteroatoms. The van der Waals surface area contributed by atoms with Crippen LogP contribution in [0.4, 0.5) is 0 Å². The summed E-state index contributed by atoms with van der Waals surface area (Å²) < 4.78 is 0. The maximum absolute atomic E-state index is 12.7. The number of benzene rings is 1. The Morgan fingerprint density at radius 2 is 1.96 bits per heavy atom. The van der Waals surface area contributed by atoms with Gasteiger partial charge in [0.15, 0.2) is 0 Å². The summed E-state index contributed by atoms with van der Waals surface area (Å²) in [5.41, 5.74) is 1.77. The number of carbonyl (C=O) groups excluding carboxylic acids is 1. The first-order chi connectivity index (χ1) is 13.5. The number of aromatic nitrogens is 1. The number of aryl methyl sites for hydroxylation is 1. The standard InChI is InChI=1S/C21H25N3O3S/c1-13-19(28-21(22-13)15-5-3-2-4-6-15)20(27)23-16-9-17(10-16)24(12-18(25)26)11-14-7-8-14/h2-6,14,16-17H,7-12H2,1H3,(H,23,27)(H,25,26). The average Bonchev–Trinajstić information content (AvgIpc) is 3.36. The largest absolute Gasteiger partial charge is 0.480 e. The van der Waals surface area contributed by atoms with Gasteiger partial charge in [-0.3, -0.25) is 14.5 Å². The second-order valence-electron chi connectivity index (χ2n) is 7.86. The zero-order valence-electron chi connectivity index (χ0n) is 15.9. The molecule has 1 amide bonds. The Hall–Kier alpha value is -2.25. The van der Waals surface area contributed by atoms with Gasteiger partial charge < -0.3 is 10.4 Å². The van der Waals surface area contributed by atoms with E-state index in [1.54, 1.807) is 0 Å². The molecule has 1 heterocycles. The van der Waals surface area contributed by atoms with Crippen molar-refractivity contribution in [3.05, 3.63) is 40.9 Å². The highest BCUT2D eigenvalue weighted by Crippen LogP contribution is 2.34. The van der Waals surface area contributed by atoms with E-state index in [4.69, 9.17) is 5.11 Å². The zero-order chi connectivity index (χ0) is 19.7. The predicted molar refractivity (Wildman–Crippen MR) is 108 cm³/mol. The summed E-state index contributed by atoms with van der Waals surface area (Å²) in [6.45, 7) is 2.83. The Labute approximate surface area is 168 Å². The number of aliphatic carboxylic acids is 1. The Bertz CT molecular complexity index is 857. The second-order valence-corrected chi connectivity index (χ2v) is 8.86. The van der Waals surface area contributed by atoms with Crippen LogP contribution in [-0.2, 0) is 4.79 Å². The van der Waals surface area contributed by atoms with E-state index in [-0.39, 0.29) is 24.5 Å². The molecule has 2 aliphatic rings. The van der Waals surface area contributed by atoms with Crippen LogP contribution in [0.3, 0.4) is 0 Å². The van der Waals surface area contributed by atoms with E-state index in [1.807, 2.05) is 37.3 Å². The summed E-state index contributed by atoms with van der Waals surface area (Å²) in [7, 11) is 0. The molecule has 2 saturated carbocycles. The fraction of sp³-hybridized carbons (Fsp3) is 0.476. The maximum Gasteiger partial charge on any atom is 0.317 e. The van der Waals surface area contributed by atoms with Gasteiger partial charge in [0.1, 0.15) is 9.88 Å². The molecule has 0 unspecified atom stereocenters. The van der Waals surface area contributed by atoms with Crippen LogP contribution in [0, 0.1) is 12.8 Å². The molecule has 0 saturated heterocycles. The first-order valence-corrected chi connectivity index (χ1v) is 10.6. The topological polar surface area (TPSA) is 82.5 Å². The molecule has 1 aromatic heterocycles. The van der Waals surface area contributed by atoms with Crippen molar-refractivity contribution in [2.45, 2.75) is 44.7 Å². The molecule has 2 aromatic rings. The smallest absolute Gasteiger partial charge is 0.317 e. The van der Waals surface area contributed by atoms with E-state index < -0.39 is 5.97 Å². The van der Waals surface area contributed by atoms with Crippen molar-refractivity contribution in [1.29, 1.82) is 0 Å². The van der Waals surface area contributed by atoms with E-state index >= 15 is 0 Å². The second kappa shape index (κ2) is 8.01. The minimum Gasteiger partial charge on any atom is -0.480 e. The van der Waals surface area contributed by atoms with Gasteiger partial charge in [-0.2, -0.15) is 0 Å². The van der Waals surface area contributed by atoms with Gasteiger partial charge in [0.05, 0.1) is 12.2 Å². The molecular weight excluding hydrogens is 374 g/mol. The highest BCUT2D eigenvalue weighted by Gasteiger charge is 2.38. The number of hydrogen-bond acceptors (Lipinski definition) is 5. The summed E-state index contributed by atoms with van der Waals surface area (Å²) in [5.74, 6) is -0.196. The van der Waals surface area contributed by atoms with Gasteiger partial charge in [-0.15, -0.1) is 11.3 Å². The van der Waals surface area contributed by atoms with Crippen LogP contribution >= 0.6 is 11.3 Å². The van der Waals surface area contributed by atoms with Crippen LogP contribution in [-0.4, -0.2) is 52.0 Å². The SMILES string of the molecule is Cc1nc(-c2ccccc2)sc1C(=O)NC1CC(N(CC(=O)O)CC2CC2)C1. The number of carboxylic acid groups (broad SMARTS) is 1. The monoisotopic (exact) mass is 399 g/mol. The summed E-state index contributed by atoms with van der Waals surface area (Å²) in [4.78, 5) is 31.1. The third kappa shape index (κ3) is 4.42. The Balaban J connectivity index is 1.34. The fourth-order valence-electron chi connectivity index (χ4n) is 3.71. The van der Waals surface area contributed by atoms with Crippen LogP contribution in [0.5, 0.6) is 0 Å². The predicted octanol–water partition coefficient (Wildman–Crippen LogP) is 3.18. The van der Waals surface area contributed by atoms with Crippen molar-refractivity contribution in [3.63, 3.8) is 0 Å². The number of carbonyl (C=O) groups is 2. The molecule has 0 atom stereocenters. The molecule has 28 heavy (non-hydrogen) atoms. The van der Waals surface area contributed by atoms with Crippen LogP contribution in [0.15, 0.2) is 30.3 Å². The number of thiazole rings is 1. The van der Waals surface area contributed by atoms with Gasteiger partial charge in [0.2, 0.25) is 0 Å². The first-order valence-electron chi connectivity index (χ1n) is 9.79. The Kier molecular flexibility index (Phi) is 5.46. The number of nitrogens with zero attached hydrogens (tertiary/aromatic N) is 2. The van der Waals surface area contributed by atoms with Crippen molar-refractivity contribution in [3.8, 4) is 10.6 Å². The molecule has 0 aliphatic heterocycles. The van der Waals surface area contributed by atoms with Crippen molar-refractivity contribution >= 4 is 23.2 Å². The van der Waals surface area contributed by atoms with E-state index in [2.05, 4.69) is 15.2 Å². The zero-order valence-corrected chi connectivity index (χ0v) is 16.7. The highest BCUT2D eigenvalue weighted by molar-refractivity contribution is 7.17. The molecule has 0 spiro atoms. The fourth-order valence-corrected chi connectivity index (χ4v) is 4.69. The van der Waals surface area contributed by atoms with E-state index in [9.17, 15) is 9.59 Å². The third-order valence-corrected chi connectivity index (χ3v) is 6.72. The summed E-state index contributed by atoms with van der Waals surface area (Å²) in [6, 6.07) is 10.2. The first kappa shape index (κ1) is 19.1. The molecule has 2 aliphatic carbocycles. The summed E-state index contributed by atoms with van der Waals surface area (Å²) >= 11 is 1.42. The molecular formula is C21H25N3O3S. The quantitative estimate of drug-likeness (QED) is 0.712. The van der Waals surface area contributed by atoms with Gasteiger partial charge in [-0.1, -0.05) is 30.3 Å². The van der Waals surface area contributed by atoms with E-state index in [0.717, 1.165) is 35.7 Å². The number of carboxylic acids is 1.